The Morgan fingerprint density at radius 2 is 2.19 bits per heavy atom. The SMILES string of the molecule is CN=C(NCCCSc1nccs1)N1CC=C(c2ccccc2)CC1.I. The first kappa shape index (κ1) is 21.2. The number of rotatable bonds is 6. The Balaban J connectivity index is 0.00000243. The fourth-order valence-corrected chi connectivity index (χ4v) is 4.47. The molecule has 4 nitrogen and oxygen atoms in total. The molecule has 0 amide bonds. The van der Waals surface area contributed by atoms with E-state index in [1.54, 1.807) is 11.3 Å². The van der Waals surface area contributed by atoms with Crippen LogP contribution in [0.15, 0.2) is 57.3 Å². The van der Waals surface area contributed by atoms with E-state index in [1.807, 2.05) is 30.4 Å². The minimum Gasteiger partial charge on any atom is -0.356 e. The molecule has 7 heteroatoms. The summed E-state index contributed by atoms with van der Waals surface area (Å²) in [5, 5.41) is 5.51. The van der Waals surface area contributed by atoms with Gasteiger partial charge in [0.1, 0.15) is 4.34 Å². The normalized spacial score (nSPS) is 14.6. The average Bonchev–Trinajstić information content (AvgIpc) is 3.19. The van der Waals surface area contributed by atoms with Crippen molar-refractivity contribution < 1.29 is 0 Å². The van der Waals surface area contributed by atoms with Crippen LogP contribution in [-0.4, -0.2) is 48.3 Å². The average molecular weight is 500 g/mol. The summed E-state index contributed by atoms with van der Waals surface area (Å²) in [6.07, 6.45) is 6.34. The summed E-state index contributed by atoms with van der Waals surface area (Å²) in [6, 6.07) is 10.7. The molecule has 1 aromatic heterocycles. The fourth-order valence-electron chi connectivity index (χ4n) is 2.82. The maximum absolute atomic E-state index is 4.44. The maximum atomic E-state index is 4.44. The quantitative estimate of drug-likeness (QED) is 0.207. The number of hydrogen-bond acceptors (Lipinski definition) is 4. The van der Waals surface area contributed by atoms with Gasteiger partial charge in [0.15, 0.2) is 5.96 Å². The van der Waals surface area contributed by atoms with Gasteiger partial charge in [-0.05, 0) is 24.0 Å². The first-order chi connectivity index (χ1) is 12.4. The molecule has 1 aromatic carbocycles. The lowest BCUT2D eigenvalue weighted by molar-refractivity contribution is 0.440. The Bertz CT molecular complexity index is 702. The van der Waals surface area contributed by atoms with E-state index in [0.29, 0.717) is 0 Å². The highest BCUT2D eigenvalue weighted by Crippen LogP contribution is 2.22. The van der Waals surface area contributed by atoms with Crippen molar-refractivity contribution in [2.75, 3.05) is 32.4 Å². The molecule has 0 saturated carbocycles. The molecule has 3 rings (SSSR count). The highest BCUT2D eigenvalue weighted by Gasteiger charge is 2.15. The number of aromatic nitrogens is 1. The highest BCUT2D eigenvalue weighted by atomic mass is 127. The number of guanidine groups is 1. The van der Waals surface area contributed by atoms with Crippen molar-refractivity contribution in [3.63, 3.8) is 0 Å². The molecule has 1 N–H and O–H groups in total. The summed E-state index contributed by atoms with van der Waals surface area (Å²) >= 11 is 3.53. The second-order valence-corrected chi connectivity index (χ2v) is 8.00. The molecule has 0 aliphatic carbocycles. The largest absolute Gasteiger partial charge is 0.356 e. The molecule has 1 aliphatic heterocycles. The lowest BCUT2D eigenvalue weighted by Gasteiger charge is -2.29. The van der Waals surface area contributed by atoms with Crippen LogP contribution in [0.5, 0.6) is 0 Å². The van der Waals surface area contributed by atoms with Gasteiger partial charge < -0.3 is 10.2 Å². The second-order valence-electron chi connectivity index (χ2n) is 5.77. The number of thioether (sulfide) groups is 1. The van der Waals surface area contributed by atoms with Crippen molar-refractivity contribution in [3.05, 3.63) is 53.5 Å². The molecular formula is C19H25IN4S2. The standard InChI is InChI=1S/C19H24N4S2.HI/c1-20-18(21-10-5-14-24-19-22-11-15-25-19)23-12-8-17(9-13-23)16-6-3-2-4-7-16;/h2-4,6-8,11,15H,5,9-10,12-14H2,1H3,(H,20,21);1H. The fraction of sp³-hybridized carbons (Fsp3) is 0.368. The summed E-state index contributed by atoms with van der Waals surface area (Å²) in [5.41, 5.74) is 2.77. The lowest BCUT2D eigenvalue weighted by Crippen LogP contribution is -2.43. The van der Waals surface area contributed by atoms with E-state index in [0.717, 1.165) is 48.5 Å². The Morgan fingerprint density at radius 3 is 2.85 bits per heavy atom. The van der Waals surface area contributed by atoms with Gasteiger partial charge in [-0.1, -0.05) is 48.2 Å². The third-order valence-corrected chi connectivity index (χ3v) is 6.16. The summed E-state index contributed by atoms with van der Waals surface area (Å²) in [7, 11) is 1.86. The van der Waals surface area contributed by atoms with E-state index >= 15 is 0 Å². The van der Waals surface area contributed by atoms with Crippen molar-refractivity contribution in [1.29, 1.82) is 0 Å². The predicted octanol–water partition coefficient (Wildman–Crippen LogP) is 4.61. The number of hydrogen-bond donors (Lipinski definition) is 1. The summed E-state index contributed by atoms with van der Waals surface area (Å²) in [6.45, 7) is 2.86. The van der Waals surface area contributed by atoms with Crippen molar-refractivity contribution in [1.82, 2.24) is 15.2 Å². The number of aliphatic imine (C=N–C) groups is 1. The van der Waals surface area contributed by atoms with Crippen LogP contribution in [-0.2, 0) is 0 Å². The predicted molar refractivity (Wildman–Crippen MR) is 125 cm³/mol. The molecule has 26 heavy (non-hydrogen) atoms. The van der Waals surface area contributed by atoms with Crippen molar-refractivity contribution in [3.8, 4) is 0 Å². The van der Waals surface area contributed by atoms with Gasteiger partial charge in [-0.2, -0.15) is 0 Å². The third-order valence-electron chi connectivity index (χ3n) is 4.10. The van der Waals surface area contributed by atoms with Crippen LogP contribution in [0, 0.1) is 0 Å². The number of benzene rings is 1. The molecule has 0 fully saturated rings. The van der Waals surface area contributed by atoms with Crippen LogP contribution in [0.2, 0.25) is 0 Å². The Kier molecular flexibility index (Phi) is 9.49. The Labute approximate surface area is 181 Å². The van der Waals surface area contributed by atoms with E-state index in [2.05, 4.69) is 56.6 Å². The van der Waals surface area contributed by atoms with Crippen LogP contribution in [0.4, 0.5) is 0 Å². The third kappa shape index (κ3) is 6.28. The highest BCUT2D eigenvalue weighted by molar-refractivity contribution is 14.0. The molecule has 140 valence electrons. The van der Waals surface area contributed by atoms with Gasteiger partial charge in [-0.15, -0.1) is 35.3 Å². The molecule has 2 aromatic rings. The van der Waals surface area contributed by atoms with Gasteiger partial charge in [0.05, 0.1) is 0 Å². The number of nitrogens with one attached hydrogen (secondary N) is 1. The first-order valence-corrected chi connectivity index (χ1v) is 10.5. The van der Waals surface area contributed by atoms with E-state index in [9.17, 15) is 0 Å². The molecule has 0 bridgehead atoms. The summed E-state index contributed by atoms with van der Waals surface area (Å²) in [5.74, 6) is 2.08. The molecule has 0 spiro atoms. The van der Waals surface area contributed by atoms with E-state index in [-0.39, 0.29) is 24.0 Å². The number of thiazole rings is 1. The first-order valence-electron chi connectivity index (χ1n) is 8.59. The zero-order valence-electron chi connectivity index (χ0n) is 14.9. The smallest absolute Gasteiger partial charge is 0.193 e. The summed E-state index contributed by atoms with van der Waals surface area (Å²) in [4.78, 5) is 11.1. The van der Waals surface area contributed by atoms with Gasteiger partial charge in [-0.3, -0.25) is 4.99 Å². The van der Waals surface area contributed by atoms with E-state index in [4.69, 9.17) is 0 Å². The van der Waals surface area contributed by atoms with Crippen molar-refractivity contribution in [2.24, 2.45) is 4.99 Å². The molecular weight excluding hydrogens is 475 g/mol. The summed E-state index contributed by atoms with van der Waals surface area (Å²) < 4.78 is 1.15. The zero-order chi connectivity index (χ0) is 17.3. The molecule has 0 unspecified atom stereocenters. The van der Waals surface area contributed by atoms with Gasteiger partial charge in [-0.25, -0.2) is 4.98 Å². The lowest BCUT2D eigenvalue weighted by atomic mass is 10.00. The van der Waals surface area contributed by atoms with Crippen LogP contribution in [0.1, 0.15) is 18.4 Å². The minimum atomic E-state index is 0. The van der Waals surface area contributed by atoms with Gasteiger partial charge in [0.2, 0.25) is 0 Å². The number of nitrogens with zero attached hydrogens (tertiary/aromatic N) is 3. The van der Waals surface area contributed by atoms with Gasteiger partial charge >= 0.3 is 0 Å². The maximum Gasteiger partial charge on any atom is 0.193 e. The zero-order valence-corrected chi connectivity index (χ0v) is 18.9. The number of halogens is 1. The van der Waals surface area contributed by atoms with Gasteiger partial charge in [0, 0.05) is 44.0 Å². The second kappa shape index (κ2) is 11.6. The molecule has 1 aliphatic rings. The Morgan fingerprint density at radius 1 is 1.35 bits per heavy atom. The molecule has 2 heterocycles. The van der Waals surface area contributed by atoms with E-state index in [1.165, 1.54) is 11.1 Å². The Hall–Kier alpha value is -1.06. The van der Waals surface area contributed by atoms with Crippen LogP contribution in [0.25, 0.3) is 5.57 Å². The van der Waals surface area contributed by atoms with Crippen LogP contribution < -0.4 is 5.32 Å². The molecule has 0 radical (unpaired) electrons. The van der Waals surface area contributed by atoms with Gasteiger partial charge in [0.25, 0.3) is 0 Å². The molecule has 0 saturated heterocycles. The van der Waals surface area contributed by atoms with E-state index < -0.39 is 0 Å². The van der Waals surface area contributed by atoms with Crippen molar-refractivity contribution in [2.45, 2.75) is 17.2 Å². The topological polar surface area (TPSA) is 40.5 Å². The minimum absolute atomic E-state index is 0. The van der Waals surface area contributed by atoms with Crippen LogP contribution >= 0.6 is 47.1 Å². The van der Waals surface area contributed by atoms with Crippen molar-refractivity contribution >= 4 is 58.6 Å². The monoisotopic (exact) mass is 500 g/mol. The molecule has 0 atom stereocenters. The van der Waals surface area contributed by atoms with Crippen LogP contribution in [0.3, 0.4) is 0 Å².